The molecule has 0 N–H and O–H groups in total. The Morgan fingerprint density at radius 1 is 1.77 bits per heavy atom. The third-order valence-corrected chi connectivity index (χ3v) is 2.08. The number of methoxy groups -OCH3 is 1. The molecule has 0 fully saturated rings. The second-order valence-electron chi connectivity index (χ2n) is 2.28. The van der Waals surface area contributed by atoms with E-state index in [1.165, 1.54) is 11.3 Å². The Morgan fingerprint density at radius 3 is 2.92 bits per heavy atom. The molecule has 0 aliphatic rings. The van der Waals surface area contributed by atoms with Crippen LogP contribution in [-0.4, -0.2) is 18.1 Å². The van der Waals surface area contributed by atoms with Gasteiger partial charge >= 0.3 is 5.97 Å². The summed E-state index contributed by atoms with van der Waals surface area (Å²) < 4.78 is 17.0. The largest absolute Gasteiger partial charge is 0.464 e. The highest BCUT2D eigenvalue weighted by Crippen LogP contribution is 2.12. The molecule has 0 bridgehead atoms. The normalized spacial score (nSPS) is 11.5. The van der Waals surface area contributed by atoms with Gasteiger partial charge in [0.25, 0.3) is 0 Å². The predicted molar refractivity (Wildman–Crippen MR) is 48.0 cm³/mol. The Kier molecular flexibility index (Phi) is 3.13. The number of esters is 1. The van der Waals surface area contributed by atoms with E-state index < -0.39 is 11.8 Å². The Labute approximate surface area is 78.9 Å². The van der Waals surface area contributed by atoms with Gasteiger partial charge in [0.1, 0.15) is 0 Å². The van der Waals surface area contributed by atoms with Crippen molar-refractivity contribution in [2.24, 2.45) is 0 Å². The van der Waals surface area contributed by atoms with Crippen molar-refractivity contribution in [3.05, 3.63) is 21.9 Å². The molecule has 0 aliphatic heterocycles. The van der Waals surface area contributed by atoms with Crippen LogP contribution >= 0.6 is 11.3 Å². The lowest BCUT2D eigenvalue weighted by Crippen LogP contribution is -1.99. The highest BCUT2D eigenvalue weighted by molar-refractivity contribution is 7.09. The molecule has 1 heterocycles. The molecule has 0 unspecified atom stereocenters. The van der Waals surface area contributed by atoms with Gasteiger partial charge in [-0.3, -0.25) is 0 Å². The number of carbonyl (C=O) groups is 1. The Balaban J connectivity index is 2.82. The van der Waals surface area contributed by atoms with Gasteiger partial charge in [-0.1, -0.05) is 0 Å². The van der Waals surface area contributed by atoms with E-state index in [1.54, 1.807) is 12.3 Å². The van der Waals surface area contributed by atoms with E-state index >= 15 is 0 Å². The maximum Gasteiger partial charge on any atom is 0.366 e. The lowest BCUT2D eigenvalue weighted by atomic mass is 10.4. The van der Waals surface area contributed by atoms with Crippen molar-refractivity contribution in [3.63, 3.8) is 0 Å². The maximum absolute atomic E-state index is 12.8. The van der Waals surface area contributed by atoms with Gasteiger partial charge in [-0.2, -0.15) is 4.39 Å². The molecular weight excluding hydrogens is 193 g/mol. The van der Waals surface area contributed by atoms with Crippen LogP contribution in [-0.2, 0) is 9.53 Å². The first kappa shape index (κ1) is 9.85. The van der Waals surface area contributed by atoms with Gasteiger partial charge in [0, 0.05) is 11.5 Å². The minimum absolute atomic E-state index is 0.436. The summed E-state index contributed by atoms with van der Waals surface area (Å²) in [5.74, 6) is -1.92. The molecule has 0 radical (unpaired) electrons. The molecule has 0 atom stereocenters. The van der Waals surface area contributed by atoms with Crippen LogP contribution in [0.25, 0.3) is 6.08 Å². The van der Waals surface area contributed by atoms with Gasteiger partial charge in [0.2, 0.25) is 5.83 Å². The van der Waals surface area contributed by atoms with Crippen LogP contribution < -0.4 is 0 Å². The summed E-state index contributed by atoms with van der Waals surface area (Å²) in [5.41, 5.74) is 0.436. The number of halogens is 1. The lowest BCUT2D eigenvalue weighted by Gasteiger charge is -1.92. The quantitative estimate of drug-likeness (QED) is 0.542. The van der Waals surface area contributed by atoms with E-state index in [-0.39, 0.29) is 0 Å². The average Bonchev–Trinajstić information content (AvgIpc) is 2.49. The van der Waals surface area contributed by atoms with E-state index in [2.05, 4.69) is 9.72 Å². The monoisotopic (exact) mass is 201 g/mol. The van der Waals surface area contributed by atoms with E-state index in [0.29, 0.717) is 5.69 Å². The molecule has 1 rings (SSSR count). The number of rotatable bonds is 2. The number of hydrogen-bond acceptors (Lipinski definition) is 4. The van der Waals surface area contributed by atoms with Gasteiger partial charge in [-0.05, 0) is 6.92 Å². The Morgan fingerprint density at radius 2 is 2.46 bits per heavy atom. The fourth-order valence-corrected chi connectivity index (χ4v) is 1.30. The van der Waals surface area contributed by atoms with Crippen LogP contribution in [0.3, 0.4) is 0 Å². The Hall–Kier alpha value is -1.23. The van der Waals surface area contributed by atoms with E-state index in [0.717, 1.165) is 18.2 Å². The van der Waals surface area contributed by atoms with Crippen molar-refractivity contribution in [3.8, 4) is 0 Å². The predicted octanol–water partition coefficient (Wildman–Crippen LogP) is 1.93. The summed E-state index contributed by atoms with van der Waals surface area (Å²) in [5, 5.41) is 2.49. The van der Waals surface area contributed by atoms with Gasteiger partial charge in [-0.15, -0.1) is 11.3 Å². The minimum Gasteiger partial charge on any atom is -0.464 e. The second kappa shape index (κ2) is 4.13. The fraction of sp³-hybridized carbons (Fsp3) is 0.250. The molecule has 0 saturated carbocycles. The first-order valence-electron chi connectivity index (χ1n) is 3.51. The number of aryl methyl sites for hydroxylation is 1. The molecule has 1 aromatic rings. The number of hydrogen-bond donors (Lipinski definition) is 0. The molecular formula is C8H8FNO2S. The topological polar surface area (TPSA) is 39.2 Å². The number of nitrogens with zero attached hydrogens (tertiary/aromatic N) is 1. The standard InChI is InChI=1S/C8H8FNO2S/c1-5-10-6(4-13-5)3-7(9)8(11)12-2/h3-4H,1-2H3/b7-3-. The van der Waals surface area contributed by atoms with Gasteiger partial charge in [0.05, 0.1) is 17.8 Å². The van der Waals surface area contributed by atoms with Crippen LogP contribution in [0.5, 0.6) is 0 Å². The van der Waals surface area contributed by atoms with Crippen LogP contribution in [0.2, 0.25) is 0 Å². The third-order valence-electron chi connectivity index (χ3n) is 1.29. The zero-order chi connectivity index (χ0) is 9.84. The maximum atomic E-state index is 12.8. The molecule has 70 valence electrons. The smallest absolute Gasteiger partial charge is 0.366 e. The molecule has 0 amide bonds. The zero-order valence-electron chi connectivity index (χ0n) is 7.20. The van der Waals surface area contributed by atoms with Crippen molar-refractivity contribution in [1.82, 2.24) is 4.98 Å². The van der Waals surface area contributed by atoms with Crippen molar-refractivity contribution in [2.75, 3.05) is 7.11 Å². The first-order chi connectivity index (χ1) is 6.13. The molecule has 0 aliphatic carbocycles. The number of thiazole rings is 1. The molecule has 0 saturated heterocycles. The van der Waals surface area contributed by atoms with Crippen LogP contribution in [0, 0.1) is 6.92 Å². The van der Waals surface area contributed by atoms with Gasteiger partial charge in [-0.25, -0.2) is 9.78 Å². The summed E-state index contributed by atoms with van der Waals surface area (Å²) in [6.07, 6.45) is 1.05. The van der Waals surface area contributed by atoms with E-state index in [4.69, 9.17) is 0 Å². The SMILES string of the molecule is COC(=O)/C(F)=C/c1csc(C)n1. The van der Waals surface area contributed by atoms with Gasteiger partial charge < -0.3 is 4.74 Å². The van der Waals surface area contributed by atoms with E-state index in [9.17, 15) is 9.18 Å². The van der Waals surface area contributed by atoms with Crippen LogP contribution in [0.1, 0.15) is 10.7 Å². The van der Waals surface area contributed by atoms with Crippen molar-refractivity contribution in [1.29, 1.82) is 0 Å². The second-order valence-corrected chi connectivity index (χ2v) is 3.34. The van der Waals surface area contributed by atoms with Crippen molar-refractivity contribution >= 4 is 23.4 Å². The number of ether oxygens (including phenoxy) is 1. The summed E-state index contributed by atoms with van der Waals surface area (Å²) in [7, 11) is 1.13. The Bertz CT molecular complexity index is 346. The molecule has 0 aromatic carbocycles. The van der Waals surface area contributed by atoms with E-state index in [1.807, 2.05) is 0 Å². The highest BCUT2D eigenvalue weighted by atomic mass is 32.1. The molecule has 13 heavy (non-hydrogen) atoms. The van der Waals surface area contributed by atoms with Crippen molar-refractivity contribution in [2.45, 2.75) is 6.92 Å². The number of aromatic nitrogens is 1. The summed E-state index contributed by atoms with van der Waals surface area (Å²) in [4.78, 5) is 14.6. The van der Waals surface area contributed by atoms with Gasteiger partial charge in [0.15, 0.2) is 0 Å². The zero-order valence-corrected chi connectivity index (χ0v) is 8.02. The molecule has 1 aromatic heterocycles. The summed E-state index contributed by atoms with van der Waals surface area (Å²) in [6, 6.07) is 0. The molecule has 0 spiro atoms. The summed E-state index contributed by atoms with van der Waals surface area (Å²) in [6.45, 7) is 1.80. The van der Waals surface area contributed by atoms with Crippen molar-refractivity contribution < 1.29 is 13.9 Å². The molecule has 5 heteroatoms. The van der Waals surface area contributed by atoms with Crippen LogP contribution in [0.15, 0.2) is 11.2 Å². The third kappa shape index (κ3) is 2.62. The summed E-state index contributed by atoms with van der Waals surface area (Å²) >= 11 is 1.39. The fourth-order valence-electron chi connectivity index (χ4n) is 0.733. The molecule has 3 nitrogen and oxygen atoms in total. The number of carbonyl (C=O) groups excluding carboxylic acids is 1. The highest BCUT2D eigenvalue weighted by Gasteiger charge is 2.08. The minimum atomic E-state index is -0.981. The van der Waals surface area contributed by atoms with Crippen LogP contribution in [0.4, 0.5) is 4.39 Å². The lowest BCUT2D eigenvalue weighted by molar-refractivity contribution is -0.137. The average molecular weight is 201 g/mol. The first-order valence-corrected chi connectivity index (χ1v) is 4.39.